The van der Waals surface area contributed by atoms with Gasteiger partial charge in [0, 0.05) is 11.1 Å². The number of hydrogen-bond acceptors (Lipinski definition) is 7. The Hall–Kier alpha value is -4.13. The van der Waals surface area contributed by atoms with Crippen molar-refractivity contribution in [3.63, 3.8) is 0 Å². The summed E-state index contributed by atoms with van der Waals surface area (Å²) in [6.45, 7) is 4.24. The zero-order valence-corrected chi connectivity index (χ0v) is 19.8. The lowest BCUT2D eigenvalue weighted by Crippen LogP contribution is -2.09. The van der Waals surface area contributed by atoms with E-state index in [0.29, 0.717) is 40.4 Å². The summed E-state index contributed by atoms with van der Waals surface area (Å²) in [7, 11) is 4.23. The predicted octanol–water partition coefficient (Wildman–Crippen LogP) is 5.58. The number of allylic oxidation sites excluding steroid dienone is 1. The van der Waals surface area contributed by atoms with E-state index in [4.69, 9.17) is 18.9 Å². The fourth-order valence-corrected chi connectivity index (χ4v) is 3.55. The molecule has 3 aromatic rings. The van der Waals surface area contributed by atoms with E-state index in [0.717, 1.165) is 5.57 Å². The van der Waals surface area contributed by atoms with Crippen molar-refractivity contribution < 1.29 is 34.0 Å². The lowest BCUT2D eigenvalue weighted by molar-refractivity contribution is 0.0597. The highest BCUT2D eigenvalue weighted by Crippen LogP contribution is 2.46. The molecule has 0 saturated heterocycles. The minimum Gasteiger partial charge on any atom is -0.508 e. The molecule has 0 amide bonds. The van der Waals surface area contributed by atoms with Gasteiger partial charge in [0.05, 0.1) is 21.3 Å². The summed E-state index contributed by atoms with van der Waals surface area (Å²) < 4.78 is 22.0. The van der Waals surface area contributed by atoms with Crippen molar-refractivity contribution in [3.05, 3.63) is 65.7 Å². The van der Waals surface area contributed by atoms with Crippen LogP contribution in [0.5, 0.6) is 28.7 Å². The molecule has 7 heteroatoms. The van der Waals surface area contributed by atoms with Crippen LogP contribution in [0.25, 0.3) is 22.3 Å². The smallest absolute Gasteiger partial charge is 0.342 e. The molecule has 0 spiro atoms. The van der Waals surface area contributed by atoms with Gasteiger partial charge >= 0.3 is 5.97 Å². The van der Waals surface area contributed by atoms with Crippen LogP contribution in [0, 0.1) is 0 Å². The van der Waals surface area contributed by atoms with Crippen LogP contribution in [0.4, 0.5) is 0 Å². The Morgan fingerprint density at radius 3 is 2.12 bits per heavy atom. The predicted molar refractivity (Wildman–Crippen MR) is 130 cm³/mol. The second kappa shape index (κ2) is 10.7. The number of phenolic OH excluding ortho intramolecular Hbond substituents is 2. The molecule has 34 heavy (non-hydrogen) atoms. The Balaban J connectivity index is 2.22. The molecule has 0 saturated carbocycles. The zero-order valence-electron chi connectivity index (χ0n) is 19.8. The summed E-state index contributed by atoms with van der Waals surface area (Å²) in [6, 6.07) is 13.1. The fraction of sp³-hybridized carbons (Fsp3) is 0.222. The minimum absolute atomic E-state index is 0.0842. The summed E-state index contributed by atoms with van der Waals surface area (Å²) in [4.78, 5) is 13.0. The van der Waals surface area contributed by atoms with Crippen LogP contribution in [0.1, 0.15) is 24.2 Å². The molecule has 3 aromatic carbocycles. The van der Waals surface area contributed by atoms with Crippen molar-refractivity contribution in [3.8, 4) is 51.0 Å². The zero-order chi connectivity index (χ0) is 24.8. The van der Waals surface area contributed by atoms with Gasteiger partial charge in [0.2, 0.25) is 0 Å². The van der Waals surface area contributed by atoms with Crippen LogP contribution < -0.4 is 14.2 Å². The number of carbonyl (C=O) groups excluding carboxylic acids is 1. The number of ether oxygens (including phenoxy) is 4. The van der Waals surface area contributed by atoms with Crippen LogP contribution in [0.2, 0.25) is 0 Å². The first-order valence-corrected chi connectivity index (χ1v) is 10.6. The van der Waals surface area contributed by atoms with Gasteiger partial charge in [-0.1, -0.05) is 23.8 Å². The molecule has 2 N–H and O–H groups in total. The van der Waals surface area contributed by atoms with Crippen molar-refractivity contribution in [1.82, 2.24) is 0 Å². The molecule has 178 valence electrons. The van der Waals surface area contributed by atoms with Gasteiger partial charge in [-0.15, -0.1) is 0 Å². The Labute approximate surface area is 198 Å². The van der Waals surface area contributed by atoms with E-state index >= 15 is 0 Å². The molecule has 0 aromatic heterocycles. The first kappa shape index (κ1) is 24.5. The minimum atomic E-state index is -0.630. The third-order valence-electron chi connectivity index (χ3n) is 5.21. The van der Waals surface area contributed by atoms with Crippen molar-refractivity contribution in [1.29, 1.82) is 0 Å². The standard InChI is InChI=1S/C27H28O7/c1-16(2)12-13-34-22-11-8-18(14-21(22)29)24-23(31-3)15-20(17-6-9-19(28)10-7-17)26(32-4)25(24)27(30)33-5/h6-12,14-15,28-29H,13H2,1-5H3. The van der Waals surface area contributed by atoms with E-state index in [1.54, 1.807) is 42.5 Å². The molecular formula is C27H28O7. The van der Waals surface area contributed by atoms with E-state index in [2.05, 4.69) is 0 Å². The quantitative estimate of drug-likeness (QED) is 0.332. The van der Waals surface area contributed by atoms with Crippen molar-refractivity contribution >= 4 is 5.97 Å². The van der Waals surface area contributed by atoms with Gasteiger partial charge in [0.15, 0.2) is 11.5 Å². The summed E-state index contributed by atoms with van der Waals surface area (Å²) in [5.74, 6) is 0.362. The number of rotatable bonds is 8. The maximum Gasteiger partial charge on any atom is 0.342 e. The topological polar surface area (TPSA) is 94.5 Å². The molecule has 0 aliphatic heterocycles. The average Bonchev–Trinajstić information content (AvgIpc) is 2.83. The van der Waals surface area contributed by atoms with Crippen LogP contribution in [-0.2, 0) is 4.74 Å². The van der Waals surface area contributed by atoms with Crippen molar-refractivity contribution in [2.24, 2.45) is 0 Å². The summed E-state index contributed by atoms with van der Waals surface area (Å²) in [5, 5.41) is 20.3. The molecule has 7 nitrogen and oxygen atoms in total. The SMILES string of the molecule is COC(=O)c1c(OC)c(-c2ccc(O)cc2)cc(OC)c1-c1ccc(OCC=C(C)C)c(O)c1. The largest absolute Gasteiger partial charge is 0.508 e. The average molecular weight is 465 g/mol. The number of carbonyl (C=O) groups is 1. The first-order chi connectivity index (χ1) is 16.3. The molecule has 3 rings (SSSR count). The molecule has 0 heterocycles. The molecule has 0 radical (unpaired) electrons. The Morgan fingerprint density at radius 2 is 1.56 bits per heavy atom. The Bertz CT molecular complexity index is 1210. The van der Waals surface area contributed by atoms with Crippen LogP contribution >= 0.6 is 0 Å². The van der Waals surface area contributed by atoms with E-state index in [-0.39, 0.29) is 22.8 Å². The molecule has 0 aliphatic rings. The number of hydrogen-bond donors (Lipinski definition) is 2. The third kappa shape index (κ3) is 5.09. The summed E-state index contributed by atoms with van der Waals surface area (Å²) >= 11 is 0. The molecule has 0 atom stereocenters. The van der Waals surface area contributed by atoms with Gasteiger partial charge in [0.1, 0.15) is 29.4 Å². The van der Waals surface area contributed by atoms with Crippen molar-refractivity contribution in [2.45, 2.75) is 13.8 Å². The maximum atomic E-state index is 13.0. The summed E-state index contributed by atoms with van der Waals surface area (Å²) in [5.41, 5.74) is 3.44. The van der Waals surface area contributed by atoms with Gasteiger partial charge in [-0.2, -0.15) is 0 Å². The third-order valence-corrected chi connectivity index (χ3v) is 5.21. The molecule has 0 fully saturated rings. The van der Waals surface area contributed by atoms with Crippen LogP contribution in [0.15, 0.2) is 60.2 Å². The van der Waals surface area contributed by atoms with Crippen LogP contribution in [-0.4, -0.2) is 44.1 Å². The lowest BCUT2D eigenvalue weighted by atomic mass is 9.92. The molecule has 0 bridgehead atoms. The van der Waals surface area contributed by atoms with E-state index in [1.165, 1.54) is 27.4 Å². The van der Waals surface area contributed by atoms with Gasteiger partial charge in [0.25, 0.3) is 0 Å². The maximum absolute atomic E-state index is 13.0. The van der Waals surface area contributed by atoms with Crippen molar-refractivity contribution in [2.75, 3.05) is 27.9 Å². The fourth-order valence-electron chi connectivity index (χ4n) is 3.55. The molecular weight excluding hydrogens is 436 g/mol. The van der Waals surface area contributed by atoms with Crippen LogP contribution in [0.3, 0.4) is 0 Å². The highest BCUT2D eigenvalue weighted by molar-refractivity contribution is 6.05. The van der Waals surface area contributed by atoms with Gasteiger partial charge in [-0.05, 0) is 61.4 Å². The van der Waals surface area contributed by atoms with Gasteiger partial charge in [-0.3, -0.25) is 0 Å². The molecule has 0 unspecified atom stereocenters. The van der Waals surface area contributed by atoms with E-state index in [1.807, 2.05) is 19.9 Å². The van der Waals surface area contributed by atoms with Gasteiger partial charge < -0.3 is 29.2 Å². The second-order valence-electron chi connectivity index (χ2n) is 7.72. The number of aromatic hydroxyl groups is 2. The number of benzene rings is 3. The Kier molecular flexibility index (Phi) is 7.68. The van der Waals surface area contributed by atoms with E-state index < -0.39 is 5.97 Å². The van der Waals surface area contributed by atoms with Gasteiger partial charge in [-0.25, -0.2) is 4.79 Å². The van der Waals surface area contributed by atoms with E-state index in [9.17, 15) is 15.0 Å². The Morgan fingerprint density at radius 1 is 0.882 bits per heavy atom. The first-order valence-electron chi connectivity index (χ1n) is 10.6. The number of esters is 1. The number of methoxy groups -OCH3 is 3. The second-order valence-corrected chi connectivity index (χ2v) is 7.72. The number of phenols is 2. The lowest BCUT2D eigenvalue weighted by Gasteiger charge is -2.20. The monoisotopic (exact) mass is 464 g/mol. The highest BCUT2D eigenvalue weighted by atomic mass is 16.5. The normalized spacial score (nSPS) is 10.4. The summed E-state index contributed by atoms with van der Waals surface area (Å²) in [6.07, 6.45) is 1.90. The highest BCUT2D eigenvalue weighted by Gasteiger charge is 2.27. The molecule has 0 aliphatic carbocycles.